The second-order valence-corrected chi connectivity index (χ2v) is 8.73. The van der Waals surface area contributed by atoms with Crippen LogP contribution in [0.4, 0.5) is 5.69 Å². The van der Waals surface area contributed by atoms with Crippen LogP contribution < -0.4 is 14.4 Å². The highest BCUT2D eigenvalue weighted by Crippen LogP contribution is 2.34. The van der Waals surface area contributed by atoms with E-state index < -0.39 is 16.1 Å². The molecule has 0 heterocycles. The van der Waals surface area contributed by atoms with E-state index in [1.807, 2.05) is 30.3 Å². The molecule has 0 fully saturated rings. The fourth-order valence-electron chi connectivity index (χ4n) is 2.91. The van der Waals surface area contributed by atoms with Gasteiger partial charge in [-0.2, -0.15) is 0 Å². The molecule has 2 aromatic rings. The van der Waals surface area contributed by atoms with E-state index in [-0.39, 0.29) is 11.6 Å². The molecule has 2 aromatic carbocycles. The number of halogens is 1. The van der Waals surface area contributed by atoms with Crippen LogP contribution in [0.2, 0.25) is 5.02 Å². The molecule has 1 atom stereocenters. The van der Waals surface area contributed by atoms with Gasteiger partial charge in [0.1, 0.15) is 11.8 Å². The highest BCUT2D eigenvalue weighted by Gasteiger charge is 2.31. The summed E-state index contributed by atoms with van der Waals surface area (Å²) in [6.45, 7) is 1.98. The first kappa shape index (κ1) is 22.0. The number of nitrogens with one attached hydrogen (secondary N) is 1. The molecular weight excluding hydrogens is 400 g/mol. The number of ether oxygens (including phenoxy) is 1. The zero-order valence-corrected chi connectivity index (χ0v) is 17.8. The number of benzene rings is 2. The summed E-state index contributed by atoms with van der Waals surface area (Å²) in [6.07, 6.45) is 2.63. The lowest BCUT2D eigenvalue weighted by molar-refractivity contribution is -0.121. The largest absolute Gasteiger partial charge is 0.495 e. The molecule has 8 heteroatoms. The SMILES string of the molecule is COc1ccc(Cl)cc1N(C(C)C(=O)NCCCc1ccccc1)S(C)(=O)=O. The summed E-state index contributed by atoms with van der Waals surface area (Å²) in [4.78, 5) is 12.6. The van der Waals surface area contributed by atoms with Crippen molar-refractivity contribution in [1.29, 1.82) is 0 Å². The average Bonchev–Trinajstić information content (AvgIpc) is 2.65. The number of carbonyl (C=O) groups excluding carboxylic acids is 1. The first-order valence-electron chi connectivity index (χ1n) is 8.88. The van der Waals surface area contributed by atoms with E-state index in [1.165, 1.54) is 25.7 Å². The summed E-state index contributed by atoms with van der Waals surface area (Å²) in [6, 6.07) is 13.6. The minimum absolute atomic E-state index is 0.226. The normalized spacial score (nSPS) is 12.3. The Labute approximate surface area is 171 Å². The lowest BCUT2D eigenvalue weighted by atomic mass is 10.1. The smallest absolute Gasteiger partial charge is 0.243 e. The van der Waals surface area contributed by atoms with E-state index in [9.17, 15) is 13.2 Å². The molecule has 0 saturated carbocycles. The molecule has 1 N–H and O–H groups in total. The van der Waals surface area contributed by atoms with Gasteiger partial charge in [0.05, 0.1) is 19.1 Å². The minimum atomic E-state index is -3.75. The number of hydrogen-bond acceptors (Lipinski definition) is 4. The van der Waals surface area contributed by atoms with Crippen molar-refractivity contribution >= 4 is 33.2 Å². The summed E-state index contributed by atoms with van der Waals surface area (Å²) in [5.41, 5.74) is 1.41. The number of carbonyl (C=O) groups is 1. The number of rotatable bonds is 9. The standard InChI is InChI=1S/C20H25ClN2O4S/c1-15(20(24)22-13-7-10-16-8-5-4-6-9-16)23(28(3,25)26)18-14-17(21)11-12-19(18)27-2/h4-6,8-9,11-12,14-15H,7,10,13H2,1-3H3,(H,22,24). The maximum absolute atomic E-state index is 12.6. The average molecular weight is 425 g/mol. The molecular formula is C20H25ClN2O4S. The number of amides is 1. The van der Waals surface area contributed by atoms with Crippen LogP contribution in [-0.4, -0.2) is 40.3 Å². The molecule has 6 nitrogen and oxygen atoms in total. The van der Waals surface area contributed by atoms with Crippen molar-refractivity contribution in [2.24, 2.45) is 0 Å². The van der Waals surface area contributed by atoms with Crippen molar-refractivity contribution in [3.8, 4) is 5.75 Å². The highest BCUT2D eigenvalue weighted by molar-refractivity contribution is 7.92. The number of aryl methyl sites for hydroxylation is 1. The molecule has 1 amide bonds. The Hall–Kier alpha value is -2.25. The number of methoxy groups -OCH3 is 1. The van der Waals surface area contributed by atoms with Gasteiger partial charge in [-0.1, -0.05) is 41.9 Å². The lowest BCUT2D eigenvalue weighted by Gasteiger charge is -2.29. The fourth-order valence-corrected chi connectivity index (χ4v) is 4.25. The molecule has 0 bridgehead atoms. The van der Waals surface area contributed by atoms with Gasteiger partial charge in [0, 0.05) is 11.6 Å². The molecule has 152 valence electrons. The number of sulfonamides is 1. The summed E-state index contributed by atoms with van der Waals surface area (Å²) in [7, 11) is -2.32. The highest BCUT2D eigenvalue weighted by atomic mass is 35.5. The maximum atomic E-state index is 12.6. The van der Waals surface area contributed by atoms with Gasteiger partial charge in [-0.25, -0.2) is 8.42 Å². The van der Waals surface area contributed by atoms with Gasteiger partial charge >= 0.3 is 0 Å². The van der Waals surface area contributed by atoms with Gasteiger partial charge < -0.3 is 10.1 Å². The van der Waals surface area contributed by atoms with Gasteiger partial charge in [0.15, 0.2) is 0 Å². The van der Waals surface area contributed by atoms with E-state index in [0.717, 1.165) is 23.4 Å². The zero-order valence-electron chi connectivity index (χ0n) is 16.2. The van der Waals surface area contributed by atoms with Crippen LogP contribution in [0.3, 0.4) is 0 Å². The quantitative estimate of drug-likeness (QED) is 0.627. The predicted octanol–water partition coefficient (Wildman–Crippen LogP) is 3.25. The van der Waals surface area contributed by atoms with Crippen molar-refractivity contribution in [3.05, 3.63) is 59.1 Å². The van der Waals surface area contributed by atoms with Gasteiger partial charge in [0.2, 0.25) is 15.9 Å². The van der Waals surface area contributed by atoms with E-state index in [4.69, 9.17) is 16.3 Å². The Morgan fingerprint density at radius 1 is 1.21 bits per heavy atom. The predicted molar refractivity (Wildman–Crippen MR) is 113 cm³/mol. The molecule has 0 aliphatic carbocycles. The van der Waals surface area contributed by atoms with Gasteiger partial charge in [0.25, 0.3) is 0 Å². The lowest BCUT2D eigenvalue weighted by Crippen LogP contribution is -2.48. The van der Waals surface area contributed by atoms with Crippen LogP contribution in [0.1, 0.15) is 18.9 Å². The van der Waals surface area contributed by atoms with Crippen LogP contribution in [0, 0.1) is 0 Å². The van der Waals surface area contributed by atoms with Gasteiger partial charge in [-0.15, -0.1) is 0 Å². The third-order valence-electron chi connectivity index (χ3n) is 4.25. The van der Waals surface area contributed by atoms with E-state index in [0.29, 0.717) is 17.3 Å². The van der Waals surface area contributed by atoms with Crippen molar-refractivity contribution in [3.63, 3.8) is 0 Å². The third kappa shape index (κ3) is 5.87. The first-order chi connectivity index (χ1) is 13.2. The Morgan fingerprint density at radius 2 is 1.89 bits per heavy atom. The van der Waals surface area contributed by atoms with Crippen molar-refractivity contribution in [2.45, 2.75) is 25.8 Å². The summed E-state index contributed by atoms with van der Waals surface area (Å²) < 4.78 is 31.1. The Balaban J connectivity index is 2.09. The fraction of sp³-hybridized carbons (Fsp3) is 0.350. The number of nitrogens with zero attached hydrogens (tertiary/aromatic N) is 1. The molecule has 0 aromatic heterocycles. The first-order valence-corrected chi connectivity index (χ1v) is 11.1. The number of anilines is 1. The van der Waals surface area contributed by atoms with Crippen molar-refractivity contribution in [1.82, 2.24) is 5.32 Å². The molecule has 0 aliphatic heterocycles. The van der Waals surface area contributed by atoms with Crippen molar-refractivity contribution < 1.29 is 17.9 Å². The Kier molecular flexibility index (Phi) is 7.71. The van der Waals surface area contributed by atoms with Crippen LogP contribution >= 0.6 is 11.6 Å². The Morgan fingerprint density at radius 3 is 2.50 bits per heavy atom. The van der Waals surface area contributed by atoms with Crippen LogP contribution in [0.15, 0.2) is 48.5 Å². The minimum Gasteiger partial charge on any atom is -0.495 e. The molecule has 28 heavy (non-hydrogen) atoms. The summed E-state index contributed by atoms with van der Waals surface area (Å²) >= 11 is 6.04. The van der Waals surface area contributed by atoms with E-state index in [1.54, 1.807) is 12.1 Å². The molecule has 0 aliphatic rings. The monoisotopic (exact) mass is 424 g/mol. The molecule has 0 saturated heterocycles. The number of hydrogen-bond donors (Lipinski definition) is 1. The second-order valence-electron chi connectivity index (χ2n) is 6.43. The van der Waals surface area contributed by atoms with Crippen LogP contribution in [-0.2, 0) is 21.2 Å². The molecule has 0 spiro atoms. The Bertz CT molecular complexity index is 904. The second kappa shape index (κ2) is 9.80. The topological polar surface area (TPSA) is 75.7 Å². The summed E-state index contributed by atoms with van der Waals surface area (Å²) in [5, 5.41) is 3.16. The van der Waals surface area contributed by atoms with E-state index >= 15 is 0 Å². The molecule has 2 rings (SSSR count). The van der Waals surface area contributed by atoms with Crippen LogP contribution in [0.25, 0.3) is 0 Å². The maximum Gasteiger partial charge on any atom is 0.243 e. The van der Waals surface area contributed by atoms with Crippen LogP contribution in [0.5, 0.6) is 5.75 Å². The zero-order chi connectivity index (χ0) is 20.7. The van der Waals surface area contributed by atoms with Gasteiger partial charge in [-0.3, -0.25) is 9.10 Å². The van der Waals surface area contributed by atoms with E-state index in [2.05, 4.69) is 5.32 Å². The van der Waals surface area contributed by atoms with Crippen molar-refractivity contribution in [2.75, 3.05) is 24.2 Å². The summed E-state index contributed by atoms with van der Waals surface area (Å²) in [5.74, 6) is -0.0703. The molecule has 0 radical (unpaired) electrons. The molecule has 1 unspecified atom stereocenters. The van der Waals surface area contributed by atoms with Gasteiger partial charge in [-0.05, 0) is 43.5 Å². The third-order valence-corrected chi connectivity index (χ3v) is 5.71.